The monoisotopic (exact) mass is 398 g/mol. The first-order valence-corrected chi connectivity index (χ1v) is 10.8. The number of likely N-dealkylation sites (tertiary alicyclic amines) is 1. The fourth-order valence-electron chi connectivity index (χ4n) is 3.53. The number of carbonyl (C=O) groups excluding carboxylic acids is 1. The van der Waals surface area contributed by atoms with Crippen molar-refractivity contribution in [1.29, 1.82) is 0 Å². The third-order valence-corrected chi connectivity index (χ3v) is 6.60. The fraction of sp³-hybridized carbons (Fsp3) is 0.286. The van der Waals surface area contributed by atoms with Gasteiger partial charge in [-0.25, -0.2) is 13.1 Å². The van der Waals surface area contributed by atoms with E-state index in [4.69, 9.17) is 4.74 Å². The van der Waals surface area contributed by atoms with Crippen LogP contribution >= 0.6 is 0 Å². The van der Waals surface area contributed by atoms with Gasteiger partial charge in [0.2, 0.25) is 10.0 Å². The fourth-order valence-corrected chi connectivity index (χ4v) is 4.86. The number of piperidine rings is 1. The molecule has 2 heterocycles. The number of para-hydroxylation sites is 1. The summed E-state index contributed by atoms with van der Waals surface area (Å²) in [5, 5.41) is 0. The maximum absolute atomic E-state index is 12.8. The molecule has 2 aromatic carbocycles. The van der Waals surface area contributed by atoms with E-state index in [1.807, 2.05) is 30.3 Å². The molecule has 2 aromatic rings. The minimum absolute atomic E-state index is 0.0427. The molecule has 0 aromatic heterocycles. The Hall–Kier alpha value is -2.64. The number of hydrogen-bond donors (Lipinski definition) is 1. The Morgan fingerprint density at radius 3 is 2.43 bits per heavy atom. The largest absolute Gasteiger partial charge is 0.488 e. The molecule has 0 atom stereocenters. The predicted molar refractivity (Wildman–Crippen MR) is 106 cm³/mol. The highest BCUT2D eigenvalue weighted by Gasteiger charge is 2.29. The molecular weight excluding hydrogens is 376 g/mol. The van der Waals surface area contributed by atoms with Crippen molar-refractivity contribution in [3.05, 3.63) is 65.7 Å². The van der Waals surface area contributed by atoms with Crippen LogP contribution in [-0.2, 0) is 14.8 Å². The molecule has 1 N–H and O–H groups in total. The van der Waals surface area contributed by atoms with Crippen LogP contribution in [0.25, 0.3) is 6.08 Å². The summed E-state index contributed by atoms with van der Waals surface area (Å²) in [6.07, 6.45) is 3.05. The lowest BCUT2D eigenvalue weighted by Gasteiger charge is -2.33. The van der Waals surface area contributed by atoms with Crippen LogP contribution in [0.2, 0.25) is 0 Å². The number of nitrogens with one attached hydrogen (secondary N) is 1. The van der Waals surface area contributed by atoms with E-state index in [1.165, 1.54) is 0 Å². The molecule has 0 unspecified atom stereocenters. The summed E-state index contributed by atoms with van der Waals surface area (Å²) < 4.78 is 33.4. The lowest BCUT2D eigenvalue weighted by Crippen LogP contribution is -2.47. The average molecular weight is 398 g/mol. The van der Waals surface area contributed by atoms with E-state index in [0.717, 1.165) is 11.3 Å². The van der Waals surface area contributed by atoms with E-state index >= 15 is 0 Å². The number of fused-ring (bicyclic) bond motifs is 1. The maximum Gasteiger partial charge on any atom is 0.253 e. The van der Waals surface area contributed by atoms with Gasteiger partial charge >= 0.3 is 0 Å². The molecule has 0 radical (unpaired) electrons. The molecule has 0 bridgehead atoms. The highest BCUT2D eigenvalue weighted by atomic mass is 32.2. The number of benzene rings is 2. The third kappa shape index (κ3) is 3.95. The zero-order valence-electron chi connectivity index (χ0n) is 15.4. The van der Waals surface area contributed by atoms with Gasteiger partial charge in [0.15, 0.2) is 0 Å². The zero-order valence-corrected chi connectivity index (χ0v) is 16.2. The van der Waals surface area contributed by atoms with Crippen molar-refractivity contribution in [2.24, 2.45) is 0 Å². The Morgan fingerprint density at radius 1 is 1.00 bits per heavy atom. The van der Waals surface area contributed by atoms with Gasteiger partial charge in [0.05, 0.1) is 10.5 Å². The topological polar surface area (TPSA) is 75.7 Å². The molecule has 1 amide bonds. The van der Waals surface area contributed by atoms with Crippen molar-refractivity contribution in [2.45, 2.75) is 23.8 Å². The number of amides is 1. The van der Waals surface area contributed by atoms with E-state index in [0.29, 0.717) is 31.5 Å². The normalized spacial score (nSPS) is 17.4. The molecule has 6 nitrogen and oxygen atoms in total. The summed E-state index contributed by atoms with van der Waals surface area (Å²) in [6.45, 7) is 1.29. The lowest BCUT2D eigenvalue weighted by molar-refractivity contribution is -0.128. The lowest BCUT2D eigenvalue weighted by atomic mass is 10.0. The van der Waals surface area contributed by atoms with Crippen LogP contribution in [0.5, 0.6) is 5.75 Å². The molecule has 0 saturated carbocycles. The quantitative estimate of drug-likeness (QED) is 0.858. The Balaban J connectivity index is 1.37. The Morgan fingerprint density at radius 2 is 1.68 bits per heavy atom. The standard InChI is InChI=1S/C21H22N2O4S/c24-21(17-14-16-6-4-5-9-20(16)27-15-17)23-12-10-18(11-13-23)22-28(25,26)19-7-2-1-3-8-19/h1-9,14,18,22H,10-13,15H2. The summed E-state index contributed by atoms with van der Waals surface area (Å²) in [5.41, 5.74) is 1.53. The molecule has 28 heavy (non-hydrogen) atoms. The van der Waals surface area contributed by atoms with Gasteiger partial charge in [0.25, 0.3) is 5.91 Å². The summed E-state index contributed by atoms with van der Waals surface area (Å²) in [7, 11) is -3.54. The minimum atomic E-state index is -3.54. The van der Waals surface area contributed by atoms with Gasteiger partial charge in [-0.05, 0) is 37.1 Å². The first kappa shape index (κ1) is 18.7. The second kappa shape index (κ2) is 7.77. The summed E-state index contributed by atoms with van der Waals surface area (Å²) in [5.74, 6) is 0.743. The molecular formula is C21H22N2O4S. The number of nitrogens with zero attached hydrogens (tertiary/aromatic N) is 1. The van der Waals surface area contributed by atoms with E-state index in [-0.39, 0.29) is 23.5 Å². The van der Waals surface area contributed by atoms with E-state index in [9.17, 15) is 13.2 Å². The van der Waals surface area contributed by atoms with E-state index < -0.39 is 10.0 Å². The summed E-state index contributed by atoms with van der Waals surface area (Å²) >= 11 is 0. The van der Waals surface area contributed by atoms with Crippen LogP contribution < -0.4 is 9.46 Å². The molecule has 2 aliphatic heterocycles. The molecule has 7 heteroatoms. The first-order chi connectivity index (χ1) is 13.5. The number of ether oxygens (including phenoxy) is 1. The second-order valence-corrected chi connectivity index (χ2v) is 8.71. The molecule has 1 saturated heterocycles. The van der Waals surface area contributed by atoms with Crippen molar-refractivity contribution in [1.82, 2.24) is 9.62 Å². The van der Waals surface area contributed by atoms with Crippen LogP contribution in [-0.4, -0.2) is 45.0 Å². The van der Waals surface area contributed by atoms with E-state index in [2.05, 4.69) is 4.72 Å². The molecule has 4 rings (SSSR count). The van der Waals surface area contributed by atoms with Gasteiger partial charge < -0.3 is 9.64 Å². The van der Waals surface area contributed by atoms with Crippen molar-refractivity contribution < 1.29 is 17.9 Å². The maximum atomic E-state index is 12.8. The zero-order chi connectivity index (χ0) is 19.6. The van der Waals surface area contributed by atoms with Crippen molar-refractivity contribution >= 4 is 22.0 Å². The number of carbonyl (C=O) groups is 1. The molecule has 1 fully saturated rings. The Bertz CT molecular complexity index is 994. The highest BCUT2D eigenvalue weighted by Crippen LogP contribution is 2.27. The number of rotatable bonds is 4. The van der Waals surface area contributed by atoms with Crippen LogP contribution in [0.3, 0.4) is 0 Å². The van der Waals surface area contributed by atoms with Gasteiger partial charge in [-0.2, -0.15) is 0 Å². The molecule has 2 aliphatic rings. The van der Waals surface area contributed by atoms with Crippen LogP contribution in [0.4, 0.5) is 0 Å². The SMILES string of the molecule is O=C(C1=Cc2ccccc2OC1)N1CCC(NS(=O)(=O)c2ccccc2)CC1. The van der Waals surface area contributed by atoms with Crippen molar-refractivity contribution in [3.8, 4) is 5.75 Å². The van der Waals surface area contributed by atoms with Gasteiger partial charge in [-0.3, -0.25) is 4.79 Å². The molecule has 0 spiro atoms. The van der Waals surface area contributed by atoms with Crippen molar-refractivity contribution in [3.63, 3.8) is 0 Å². The Kier molecular flexibility index (Phi) is 5.19. The predicted octanol–water partition coefficient (Wildman–Crippen LogP) is 2.43. The second-order valence-electron chi connectivity index (χ2n) is 7.00. The number of sulfonamides is 1. The van der Waals surface area contributed by atoms with Gasteiger partial charge in [-0.15, -0.1) is 0 Å². The average Bonchev–Trinajstić information content (AvgIpc) is 2.74. The van der Waals surface area contributed by atoms with Crippen LogP contribution in [0, 0.1) is 0 Å². The van der Waals surface area contributed by atoms with Crippen LogP contribution in [0.15, 0.2) is 65.1 Å². The summed E-state index contributed by atoms with van der Waals surface area (Å²) in [6, 6.07) is 15.8. The first-order valence-electron chi connectivity index (χ1n) is 9.32. The number of hydrogen-bond acceptors (Lipinski definition) is 4. The smallest absolute Gasteiger partial charge is 0.253 e. The highest BCUT2D eigenvalue weighted by molar-refractivity contribution is 7.89. The Labute approximate surface area is 164 Å². The van der Waals surface area contributed by atoms with Gasteiger partial charge in [0.1, 0.15) is 12.4 Å². The molecule has 0 aliphatic carbocycles. The minimum Gasteiger partial charge on any atom is -0.488 e. The van der Waals surface area contributed by atoms with E-state index in [1.54, 1.807) is 35.2 Å². The van der Waals surface area contributed by atoms with Crippen molar-refractivity contribution in [2.75, 3.05) is 19.7 Å². The summed E-state index contributed by atoms with van der Waals surface area (Å²) in [4.78, 5) is 14.9. The van der Waals surface area contributed by atoms with Crippen LogP contribution in [0.1, 0.15) is 18.4 Å². The van der Waals surface area contributed by atoms with Gasteiger partial charge in [-0.1, -0.05) is 36.4 Å². The third-order valence-electron chi connectivity index (χ3n) is 5.06. The van der Waals surface area contributed by atoms with Gasteiger partial charge in [0, 0.05) is 24.7 Å². The molecule has 146 valence electrons.